The summed E-state index contributed by atoms with van der Waals surface area (Å²) in [5.74, 6) is -0.345. The number of Topliss-reactive ketones (excluding diaryl/α,β-unsaturated/α-hetero) is 1. The average Bonchev–Trinajstić information content (AvgIpc) is 2.75. The van der Waals surface area contributed by atoms with Crippen molar-refractivity contribution in [1.29, 1.82) is 0 Å². The molecule has 0 aliphatic rings. The highest BCUT2D eigenvalue weighted by atomic mass is 32.1. The molecule has 0 saturated carbocycles. The lowest BCUT2D eigenvalue weighted by Gasteiger charge is -2.21. The van der Waals surface area contributed by atoms with Crippen LogP contribution in [0.15, 0.2) is 12.1 Å². The first kappa shape index (κ1) is 16.1. The fourth-order valence-electron chi connectivity index (χ4n) is 1.61. The second-order valence-electron chi connectivity index (χ2n) is 4.09. The van der Waals surface area contributed by atoms with Crippen LogP contribution in [-0.2, 0) is 6.42 Å². The van der Waals surface area contributed by atoms with Gasteiger partial charge >= 0.3 is 6.18 Å². The van der Waals surface area contributed by atoms with Crippen molar-refractivity contribution < 1.29 is 23.1 Å². The molecule has 3 nitrogen and oxygen atoms in total. The Balaban J connectivity index is 2.65. The SMILES string of the molecule is CCc1ccc(C(=O)CN(CCO)CC(F)(F)F)s1. The van der Waals surface area contributed by atoms with E-state index < -0.39 is 19.3 Å². The normalized spacial score (nSPS) is 12.1. The quantitative estimate of drug-likeness (QED) is 0.785. The molecular formula is C12H16F3NO2S. The van der Waals surface area contributed by atoms with Crippen LogP contribution in [0.1, 0.15) is 21.5 Å². The third-order valence-corrected chi connectivity index (χ3v) is 3.74. The summed E-state index contributed by atoms with van der Waals surface area (Å²) in [6.45, 7) is -0.151. The van der Waals surface area contributed by atoms with Crippen molar-refractivity contribution in [1.82, 2.24) is 4.90 Å². The fourth-order valence-corrected chi connectivity index (χ4v) is 2.49. The van der Waals surface area contributed by atoms with Gasteiger partial charge in [-0.25, -0.2) is 0 Å². The van der Waals surface area contributed by atoms with Crippen LogP contribution >= 0.6 is 11.3 Å². The van der Waals surface area contributed by atoms with E-state index in [9.17, 15) is 18.0 Å². The largest absolute Gasteiger partial charge is 0.401 e. The lowest BCUT2D eigenvalue weighted by molar-refractivity contribution is -0.145. The zero-order valence-corrected chi connectivity index (χ0v) is 11.4. The number of ketones is 1. The highest BCUT2D eigenvalue weighted by Gasteiger charge is 2.31. The van der Waals surface area contributed by atoms with Gasteiger partial charge in [0.05, 0.1) is 24.6 Å². The summed E-state index contributed by atoms with van der Waals surface area (Å²) in [6, 6.07) is 3.44. The highest BCUT2D eigenvalue weighted by Crippen LogP contribution is 2.20. The maximum Gasteiger partial charge on any atom is 0.401 e. The molecule has 0 atom stereocenters. The summed E-state index contributed by atoms with van der Waals surface area (Å²) in [5.41, 5.74) is 0. The van der Waals surface area contributed by atoms with Gasteiger partial charge in [-0.3, -0.25) is 9.69 Å². The van der Waals surface area contributed by atoms with Crippen molar-refractivity contribution in [3.05, 3.63) is 21.9 Å². The minimum atomic E-state index is -4.38. The Morgan fingerprint density at radius 3 is 2.58 bits per heavy atom. The first-order chi connectivity index (χ1) is 8.85. The molecular weight excluding hydrogens is 279 g/mol. The molecule has 1 aromatic heterocycles. The Hall–Kier alpha value is -0.920. The van der Waals surface area contributed by atoms with E-state index in [0.717, 1.165) is 16.2 Å². The first-order valence-electron chi connectivity index (χ1n) is 5.87. The summed E-state index contributed by atoms with van der Waals surface area (Å²) in [5, 5.41) is 8.74. The number of thiophene rings is 1. The number of rotatable bonds is 7. The Kier molecular flexibility index (Phi) is 5.96. The first-order valence-corrected chi connectivity index (χ1v) is 6.69. The van der Waals surface area contributed by atoms with Gasteiger partial charge in [0.1, 0.15) is 0 Å². The molecule has 108 valence electrons. The van der Waals surface area contributed by atoms with Gasteiger partial charge in [0, 0.05) is 11.4 Å². The molecule has 19 heavy (non-hydrogen) atoms. The van der Waals surface area contributed by atoms with Gasteiger partial charge < -0.3 is 5.11 Å². The van der Waals surface area contributed by atoms with Crippen LogP contribution in [0.5, 0.6) is 0 Å². The summed E-state index contributed by atoms with van der Waals surface area (Å²) < 4.78 is 36.9. The number of halogens is 3. The van der Waals surface area contributed by atoms with Gasteiger partial charge in [-0.05, 0) is 18.6 Å². The standard InChI is InChI=1S/C12H16F3NO2S/c1-2-9-3-4-11(19-9)10(18)7-16(5-6-17)8-12(13,14)15/h3-4,17H,2,5-8H2,1H3. The van der Waals surface area contributed by atoms with Crippen LogP contribution in [0.2, 0.25) is 0 Å². The van der Waals surface area contributed by atoms with Crippen molar-refractivity contribution in [2.24, 2.45) is 0 Å². The van der Waals surface area contributed by atoms with Crippen molar-refractivity contribution in [2.45, 2.75) is 19.5 Å². The van der Waals surface area contributed by atoms with E-state index >= 15 is 0 Å². The molecule has 0 amide bonds. The van der Waals surface area contributed by atoms with Crippen molar-refractivity contribution >= 4 is 17.1 Å². The predicted molar refractivity (Wildman–Crippen MR) is 67.6 cm³/mol. The molecule has 1 aromatic rings. The average molecular weight is 295 g/mol. The number of hydrogen-bond acceptors (Lipinski definition) is 4. The van der Waals surface area contributed by atoms with E-state index in [-0.39, 0.29) is 18.9 Å². The number of aliphatic hydroxyl groups is 1. The Morgan fingerprint density at radius 1 is 1.42 bits per heavy atom. The number of hydrogen-bond donors (Lipinski definition) is 1. The second kappa shape index (κ2) is 7.02. The monoisotopic (exact) mass is 295 g/mol. The smallest absolute Gasteiger partial charge is 0.395 e. The van der Waals surface area contributed by atoms with Crippen LogP contribution in [0.4, 0.5) is 13.2 Å². The molecule has 0 bridgehead atoms. The van der Waals surface area contributed by atoms with Crippen LogP contribution in [0.3, 0.4) is 0 Å². The molecule has 0 fully saturated rings. The van der Waals surface area contributed by atoms with E-state index in [4.69, 9.17) is 5.11 Å². The summed E-state index contributed by atoms with van der Waals surface area (Å²) in [6.07, 6.45) is -3.58. The van der Waals surface area contributed by atoms with Crippen molar-refractivity contribution in [2.75, 3.05) is 26.2 Å². The minimum Gasteiger partial charge on any atom is -0.395 e. The van der Waals surface area contributed by atoms with E-state index in [0.29, 0.717) is 4.88 Å². The molecule has 0 aromatic carbocycles. The maximum atomic E-state index is 12.3. The molecule has 0 unspecified atom stereocenters. The van der Waals surface area contributed by atoms with Gasteiger partial charge in [0.15, 0.2) is 5.78 Å². The maximum absolute atomic E-state index is 12.3. The van der Waals surface area contributed by atoms with Gasteiger partial charge in [-0.15, -0.1) is 11.3 Å². The van der Waals surface area contributed by atoms with Crippen molar-refractivity contribution in [3.63, 3.8) is 0 Å². The van der Waals surface area contributed by atoms with E-state index in [1.165, 1.54) is 11.3 Å². The van der Waals surface area contributed by atoms with Gasteiger partial charge in [-0.1, -0.05) is 6.92 Å². The van der Waals surface area contributed by atoms with Crippen molar-refractivity contribution in [3.8, 4) is 0 Å². The van der Waals surface area contributed by atoms with Crippen LogP contribution < -0.4 is 0 Å². The Labute approximate surface area is 113 Å². The molecule has 7 heteroatoms. The molecule has 0 radical (unpaired) electrons. The summed E-state index contributed by atoms with van der Waals surface area (Å²) >= 11 is 1.30. The Morgan fingerprint density at radius 2 is 2.11 bits per heavy atom. The number of alkyl halides is 3. The molecule has 0 aliphatic carbocycles. The van der Waals surface area contributed by atoms with Gasteiger partial charge in [-0.2, -0.15) is 13.2 Å². The van der Waals surface area contributed by atoms with Crippen LogP contribution in [0.25, 0.3) is 0 Å². The molecule has 1 heterocycles. The van der Waals surface area contributed by atoms with E-state index in [1.54, 1.807) is 12.1 Å². The molecule has 1 N–H and O–H groups in total. The number of aryl methyl sites for hydroxylation is 1. The topological polar surface area (TPSA) is 40.5 Å². The molecule has 0 aliphatic heterocycles. The zero-order valence-electron chi connectivity index (χ0n) is 10.5. The Bertz CT molecular complexity index is 417. The lowest BCUT2D eigenvalue weighted by Crippen LogP contribution is -2.39. The molecule has 0 saturated heterocycles. The minimum absolute atomic E-state index is 0.169. The lowest BCUT2D eigenvalue weighted by atomic mass is 10.3. The highest BCUT2D eigenvalue weighted by molar-refractivity contribution is 7.14. The number of carbonyl (C=O) groups is 1. The molecule has 0 spiro atoms. The van der Waals surface area contributed by atoms with Gasteiger partial charge in [0.25, 0.3) is 0 Å². The number of aliphatic hydroxyl groups excluding tert-OH is 1. The third-order valence-electron chi connectivity index (χ3n) is 2.47. The van der Waals surface area contributed by atoms with E-state index in [1.807, 2.05) is 6.92 Å². The number of carbonyl (C=O) groups excluding carboxylic acids is 1. The predicted octanol–water partition coefficient (Wildman–Crippen LogP) is 2.35. The number of nitrogens with zero attached hydrogens (tertiary/aromatic N) is 1. The molecule has 1 rings (SSSR count). The van der Waals surface area contributed by atoms with Crippen LogP contribution in [0, 0.1) is 0 Å². The summed E-state index contributed by atoms with van der Waals surface area (Å²) in [7, 11) is 0. The van der Waals surface area contributed by atoms with E-state index in [2.05, 4.69) is 0 Å². The van der Waals surface area contributed by atoms with Crippen LogP contribution in [-0.4, -0.2) is 48.2 Å². The zero-order chi connectivity index (χ0) is 14.5. The second-order valence-corrected chi connectivity index (χ2v) is 5.26. The fraction of sp³-hybridized carbons (Fsp3) is 0.583. The third kappa shape index (κ3) is 5.71. The summed E-state index contributed by atoms with van der Waals surface area (Å²) in [4.78, 5) is 14.3. The van der Waals surface area contributed by atoms with Gasteiger partial charge in [0.2, 0.25) is 0 Å².